The lowest BCUT2D eigenvalue weighted by atomic mass is 10.1. The molecule has 1 aliphatic rings. The molecule has 0 radical (unpaired) electrons. The van der Waals surface area contributed by atoms with Gasteiger partial charge in [0.05, 0.1) is 9.83 Å². The molecule has 2 aromatic rings. The molecule has 0 aromatic heterocycles. The normalized spacial score (nSPS) is 15.2. The topological polar surface area (TPSA) is 81.5 Å². The Labute approximate surface area is 163 Å². The highest BCUT2D eigenvalue weighted by atomic mass is 35.5. The molecule has 1 aliphatic heterocycles. The van der Waals surface area contributed by atoms with Gasteiger partial charge in [-0.2, -0.15) is 0 Å². The summed E-state index contributed by atoms with van der Waals surface area (Å²) < 4.78 is 6.12. The maximum Gasteiger partial charge on any atom is 0.270 e. The van der Waals surface area contributed by atoms with Crippen LogP contribution >= 0.6 is 35.6 Å². The fraction of sp³-hybridized carbons (Fsp3) is 0.0588. The third kappa shape index (κ3) is 4.21. The lowest BCUT2D eigenvalue weighted by Gasteiger charge is -2.10. The Morgan fingerprint density at radius 3 is 2.73 bits per heavy atom. The first-order valence-electron chi connectivity index (χ1n) is 7.33. The van der Waals surface area contributed by atoms with Gasteiger partial charge in [-0.3, -0.25) is 14.9 Å². The number of carbonyl (C=O) groups is 1. The number of amides is 1. The van der Waals surface area contributed by atoms with Crippen LogP contribution in [0, 0.1) is 10.1 Å². The van der Waals surface area contributed by atoms with Crippen LogP contribution in [0.2, 0.25) is 5.02 Å². The smallest absolute Gasteiger partial charge is 0.270 e. The minimum atomic E-state index is -0.508. The second-order valence-electron chi connectivity index (χ2n) is 5.21. The van der Waals surface area contributed by atoms with Crippen molar-refractivity contribution >= 4 is 57.6 Å². The molecular weight excluding hydrogens is 396 g/mol. The van der Waals surface area contributed by atoms with E-state index in [4.69, 9.17) is 28.6 Å². The summed E-state index contributed by atoms with van der Waals surface area (Å²) in [6.07, 6.45) is 1.52. The molecule has 1 heterocycles. The van der Waals surface area contributed by atoms with E-state index in [1.165, 1.54) is 24.3 Å². The molecule has 3 rings (SSSR count). The number of carbonyl (C=O) groups excluding carboxylic acids is 1. The SMILES string of the molecule is O=C1NC(=S)S/C1=C\c1cc([N+](=O)[O-])ccc1OCc1ccccc1Cl. The van der Waals surface area contributed by atoms with Crippen molar-refractivity contribution in [1.82, 2.24) is 5.32 Å². The number of benzene rings is 2. The minimum Gasteiger partial charge on any atom is -0.488 e. The number of nitro groups is 1. The summed E-state index contributed by atoms with van der Waals surface area (Å²) in [5.41, 5.74) is 1.09. The van der Waals surface area contributed by atoms with E-state index < -0.39 is 4.92 Å². The van der Waals surface area contributed by atoms with Crippen LogP contribution < -0.4 is 10.1 Å². The Morgan fingerprint density at radius 1 is 1.31 bits per heavy atom. The van der Waals surface area contributed by atoms with Gasteiger partial charge in [-0.05, 0) is 18.2 Å². The van der Waals surface area contributed by atoms with Gasteiger partial charge in [0.1, 0.15) is 16.7 Å². The van der Waals surface area contributed by atoms with E-state index in [-0.39, 0.29) is 18.2 Å². The fourth-order valence-corrected chi connectivity index (χ4v) is 3.45. The zero-order valence-corrected chi connectivity index (χ0v) is 15.5. The molecule has 9 heteroatoms. The van der Waals surface area contributed by atoms with E-state index in [0.29, 0.717) is 25.6 Å². The molecule has 0 atom stereocenters. The highest BCUT2D eigenvalue weighted by Gasteiger charge is 2.23. The van der Waals surface area contributed by atoms with E-state index in [9.17, 15) is 14.9 Å². The molecular formula is C17H11ClN2O4S2. The molecule has 0 aliphatic carbocycles. The Kier molecular flexibility index (Phi) is 5.55. The summed E-state index contributed by atoms with van der Waals surface area (Å²) in [7, 11) is 0. The molecule has 1 amide bonds. The number of rotatable bonds is 5. The van der Waals surface area contributed by atoms with Crippen LogP contribution in [0.5, 0.6) is 5.75 Å². The van der Waals surface area contributed by atoms with E-state index in [1.807, 2.05) is 18.2 Å². The molecule has 1 saturated heterocycles. The highest BCUT2D eigenvalue weighted by molar-refractivity contribution is 8.26. The second-order valence-corrected chi connectivity index (χ2v) is 7.34. The molecule has 0 bridgehead atoms. The first-order chi connectivity index (χ1) is 12.4. The maximum absolute atomic E-state index is 11.9. The van der Waals surface area contributed by atoms with Crippen molar-refractivity contribution in [3.05, 3.63) is 73.6 Å². The first kappa shape index (κ1) is 18.4. The summed E-state index contributed by atoms with van der Waals surface area (Å²) >= 11 is 12.2. The van der Waals surface area contributed by atoms with Crippen molar-refractivity contribution in [1.29, 1.82) is 0 Å². The van der Waals surface area contributed by atoms with Gasteiger partial charge in [0.2, 0.25) is 0 Å². The van der Waals surface area contributed by atoms with Gasteiger partial charge in [0, 0.05) is 28.3 Å². The summed E-state index contributed by atoms with van der Waals surface area (Å²) in [5.74, 6) is 0.0535. The van der Waals surface area contributed by atoms with E-state index in [1.54, 1.807) is 6.07 Å². The van der Waals surface area contributed by atoms with Gasteiger partial charge in [-0.15, -0.1) is 0 Å². The number of halogens is 1. The maximum atomic E-state index is 11.9. The Morgan fingerprint density at radius 2 is 2.08 bits per heavy atom. The van der Waals surface area contributed by atoms with Gasteiger partial charge in [-0.1, -0.05) is 53.8 Å². The number of thiocarbonyl (C=S) groups is 1. The minimum absolute atomic E-state index is 0.104. The molecule has 0 unspecified atom stereocenters. The Bertz CT molecular complexity index is 946. The predicted molar refractivity (Wildman–Crippen MR) is 105 cm³/mol. The number of ether oxygens (including phenoxy) is 1. The van der Waals surface area contributed by atoms with Gasteiger partial charge in [0.15, 0.2) is 0 Å². The van der Waals surface area contributed by atoms with Crippen LogP contribution in [-0.4, -0.2) is 15.2 Å². The average molecular weight is 407 g/mol. The lowest BCUT2D eigenvalue weighted by Crippen LogP contribution is -2.17. The van der Waals surface area contributed by atoms with Crippen LogP contribution in [-0.2, 0) is 11.4 Å². The number of hydrogen-bond acceptors (Lipinski definition) is 6. The molecule has 0 saturated carbocycles. The van der Waals surface area contributed by atoms with Crippen molar-refractivity contribution < 1.29 is 14.5 Å². The average Bonchev–Trinajstić information content (AvgIpc) is 2.92. The molecule has 1 N–H and O–H groups in total. The van der Waals surface area contributed by atoms with Crippen LogP contribution in [0.1, 0.15) is 11.1 Å². The van der Waals surface area contributed by atoms with Crippen LogP contribution in [0.15, 0.2) is 47.4 Å². The van der Waals surface area contributed by atoms with E-state index in [2.05, 4.69) is 5.32 Å². The molecule has 6 nitrogen and oxygen atoms in total. The largest absolute Gasteiger partial charge is 0.488 e. The Hall–Kier alpha value is -2.42. The summed E-state index contributed by atoms with van der Waals surface area (Å²) in [5, 5.41) is 14.1. The third-order valence-corrected chi connectivity index (χ3v) is 5.01. The highest BCUT2D eigenvalue weighted by Crippen LogP contribution is 2.32. The van der Waals surface area contributed by atoms with E-state index >= 15 is 0 Å². The van der Waals surface area contributed by atoms with Crippen molar-refractivity contribution in [2.24, 2.45) is 0 Å². The molecule has 1 fully saturated rings. The fourth-order valence-electron chi connectivity index (χ4n) is 2.23. The number of nitrogens with zero attached hydrogens (tertiary/aromatic N) is 1. The van der Waals surface area contributed by atoms with Crippen LogP contribution in [0.25, 0.3) is 6.08 Å². The van der Waals surface area contributed by atoms with E-state index in [0.717, 1.165) is 17.3 Å². The molecule has 2 aromatic carbocycles. The second kappa shape index (κ2) is 7.86. The number of thioether (sulfide) groups is 1. The van der Waals surface area contributed by atoms with Gasteiger partial charge < -0.3 is 10.1 Å². The predicted octanol–water partition coefficient (Wildman–Crippen LogP) is 4.32. The summed E-state index contributed by atoms with van der Waals surface area (Å²) in [4.78, 5) is 22.8. The Balaban J connectivity index is 1.93. The zero-order chi connectivity index (χ0) is 18.7. The van der Waals surface area contributed by atoms with Crippen molar-refractivity contribution in [2.75, 3.05) is 0 Å². The quantitative estimate of drug-likeness (QED) is 0.345. The summed E-state index contributed by atoms with van der Waals surface area (Å²) in [6, 6.07) is 11.4. The number of nitro benzene ring substituents is 1. The molecule has 0 spiro atoms. The monoisotopic (exact) mass is 406 g/mol. The third-order valence-electron chi connectivity index (χ3n) is 3.47. The van der Waals surface area contributed by atoms with Gasteiger partial charge in [0.25, 0.3) is 11.6 Å². The summed E-state index contributed by atoms with van der Waals surface area (Å²) in [6.45, 7) is 0.186. The van der Waals surface area contributed by atoms with Crippen LogP contribution in [0.4, 0.5) is 5.69 Å². The zero-order valence-electron chi connectivity index (χ0n) is 13.1. The van der Waals surface area contributed by atoms with Gasteiger partial charge in [-0.25, -0.2) is 0 Å². The van der Waals surface area contributed by atoms with Crippen molar-refractivity contribution in [3.8, 4) is 5.75 Å². The lowest BCUT2D eigenvalue weighted by molar-refractivity contribution is -0.384. The molecule has 132 valence electrons. The van der Waals surface area contributed by atoms with Gasteiger partial charge >= 0.3 is 0 Å². The van der Waals surface area contributed by atoms with Crippen molar-refractivity contribution in [3.63, 3.8) is 0 Å². The standard InChI is InChI=1S/C17H11ClN2O4S2/c18-13-4-2-1-3-10(13)9-24-14-6-5-12(20(22)23)7-11(14)8-15-16(21)19-17(25)26-15/h1-8H,9H2,(H,19,21,25)/b15-8-. The number of non-ortho nitro benzene ring substituents is 1. The first-order valence-corrected chi connectivity index (χ1v) is 8.94. The number of hydrogen-bond donors (Lipinski definition) is 1. The van der Waals surface area contributed by atoms with Crippen molar-refractivity contribution in [2.45, 2.75) is 6.61 Å². The number of nitrogens with one attached hydrogen (secondary N) is 1. The van der Waals surface area contributed by atoms with Crippen LogP contribution in [0.3, 0.4) is 0 Å². The molecule has 26 heavy (non-hydrogen) atoms.